The summed E-state index contributed by atoms with van der Waals surface area (Å²) in [5.74, 6) is -1.00. The normalized spacial score (nSPS) is 11.5. The standard InChI is InChI=1S/C8H15F3N2O2/c1-15-5-4-12-2-3-13-7(14)6-8(9,10)11/h12H,2-6H2,1H3,(H,13,14). The van der Waals surface area contributed by atoms with E-state index in [0.717, 1.165) is 0 Å². The lowest BCUT2D eigenvalue weighted by atomic mass is 10.4. The first-order chi connectivity index (χ1) is 6.95. The number of methoxy groups -OCH3 is 1. The highest BCUT2D eigenvalue weighted by molar-refractivity contribution is 5.76. The summed E-state index contributed by atoms with van der Waals surface area (Å²) < 4.78 is 39.8. The van der Waals surface area contributed by atoms with Crippen molar-refractivity contribution in [3.05, 3.63) is 0 Å². The second kappa shape index (κ2) is 7.47. The van der Waals surface area contributed by atoms with Gasteiger partial charge in [-0.2, -0.15) is 13.2 Å². The molecule has 0 spiro atoms. The van der Waals surface area contributed by atoms with Crippen LogP contribution in [0.25, 0.3) is 0 Å². The summed E-state index contributed by atoms with van der Waals surface area (Å²) in [5, 5.41) is 5.04. The molecule has 0 atom stereocenters. The van der Waals surface area contributed by atoms with Gasteiger partial charge in [0.15, 0.2) is 0 Å². The van der Waals surface area contributed by atoms with Crippen LogP contribution < -0.4 is 10.6 Å². The maximum Gasteiger partial charge on any atom is 0.397 e. The number of hydrogen-bond acceptors (Lipinski definition) is 3. The van der Waals surface area contributed by atoms with Crippen LogP contribution in [0.5, 0.6) is 0 Å². The van der Waals surface area contributed by atoms with Crippen molar-refractivity contribution >= 4 is 5.91 Å². The lowest BCUT2D eigenvalue weighted by Gasteiger charge is -2.08. The Bertz CT molecular complexity index is 185. The number of amides is 1. The second-order valence-electron chi connectivity index (χ2n) is 2.88. The molecule has 1 amide bonds. The Balaban J connectivity index is 3.32. The highest BCUT2D eigenvalue weighted by Crippen LogP contribution is 2.18. The van der Waals surface area contributed by atoms with Crippen LogP contribution in [-0.4, -0.2) is 45.4 Å². The second-order valence-corrected chi connectivity index (χ2v) is 2.88. The summed E-state index contributed by atoms with van der Waals surface area (Å²) in [5.41, 5.74) is 0. The van der Waals surface area contributed by atoms with Crippen LogP contribution in [0.15, 0.2) is 0 Å². The minimum Gasteiger partial charge on any atom is -0.383 e. The van der Waals surface area contributed by atoms with Crippen LogP contribution in [0.1, 0.15) is 6.42 Å². The van der Waals surface area contributed by atoms with Gasteiger partial charge in [-0.3, -0.25) is 4.79 Å². The molecule has 0 aromatic heterocycles. The van der Waals surface area contributed by atoms with Crippen LogP contribution in [0, 0.1) is 0 Å². The van der Waals surface area contributed by atoms with Gasteiger partial charge in [-0.05, 0) is 0 Å². The Morgan fingerprint density at radius 1 is 1.27 bits per heavy atom. The first kappa shape index (κ1) is 14.2. The molecular weight excluding hydrogens is 213 g/mol. The average Bonchev–Trinajstić information content (AvgIpc) is 2.08. The van der Waals surface area contributed by atoms with Crippen molar-refractivity contribution in [3.63, 3.8) is 0 Å². The van der Waals surface area contributed by atoms with Crippen molar-refractivity contribution in [2.24, 2.45) is 0 Å². The Kier molecular flexibility index (Phi) is 7.06. The molecule has 2 N–H and O–H groups in total. The van der Waals surface area contributed by atoms with E-state index >= 15 is 0 Å². The minimum atomic E-state index is -4.44. The molecule has 0 unspecified atom stereocenters. The predicted molar refractivity (Wildman–Crippen MR) is 48.4 cm³/mol. The van der Waals surface area contributed by atoms with E-state index in [1.807, 2.05) is 0 Å². The molecule has 7 heteroatoms. The summed E-state index contributed by atoms with van der Waals surface area (Å²) in [6.45, 7) is 1.73. The third-order valence-corrected chi connectivity index (χ3v) is 1.47. The number of halogens is 3. The molecule has 0 aromatic carbocycles. The van der Waals surface area contributed by atoms with E-state index in [-0.39, 0.29) is 6.54 Å². The summed E-state index contributed by atoms with van der Waals surface area (Å²) in [6, 6.07) is 0. The average molecular weight is 228 g/mol. The van der Waals surface area contributed by atoms with E-state index in [9.17, 15) is 18.0 Å². The van der Waals surface area contributed by atoms with Crippen molar-refractivity contribution in [3.8, 4) is 0 Å². The number of hydrogen-bond donors (Lipinski definition) is 2. The van der Waals surface area contributed by atoms with E-state index < -0.39 is 18.5 Å². The number of carbonyl (C=O) groups excluding carboxylic acids is 1. The molecule has 0 aliphatic rings. The quantitative estimate of drug-likeness (QED) is 0.616. The van der Waals surface area contributed by atoms with Crippen molar-refractivity contribution < 1.29 is 22.7 Å². The molecule has 15 heavy (non-hydrogen) atoms. The maximum absolute atomic E-state index is 11.7. The maximum atomic E-state index is 11.7. The molecule has 0 bridgehead atoms. The fourth-order valence-electron chi connectivity index (χ4n) is 0.834. The van der Waals surface area contributed by atoms with E-state index in [2.05, 4.69) is 10.6 Å². The summed E-state index contributed by atoms with van der Waals surface area (Å²) in [7, 11) is 1.55. The number of carbonyl (C=O) groups is 1. The molecule has 0 aliphatic carbocycles. The van der Waals surface area contributed by atoms with Gasteiger partial charge < -0.3 is 15.4 Å². The molecular formula is C8H15F3N2O2. The van der Waals surface area contributed by atoms with Gasteiger partial charge in [-0.1, -0.05) is 0 Å². The third kappa shape index (κ3) is 11.1. The lowest BCUT2D eigenvalue weighted by molar-refractivity contribution is -0.153. The summed E-state index contributed by atoms with van der Waals surface area (Å²) in [6.07, 6.45) is -5.86. The fraction of sp³-hybridized carbons (Fsp3) is 0.875. The van der Waals surface area contributed by atoms with Gasteiger partial charge in [0.2, 0.25) is 5.91 Å². The van der Waals surface area contributed by atoms with Gasteiger partial charge in [0.25, 0.3) is 0 Å². The molecule has 0 radical (unpaired) electrons. The van der Waals surface area contributed by atoms with Crippen molar-refractivity contribution in [1.29, 1.82) is 0 Å². The number of rotatable bonds is 7. The molecule has 0 heterocycles. The summed E-state index contributed by atoms with van der Waals surface area (Å²) in [4.78, 5) is 10.7. The number of nitrogens with one attached hydrogen (secondary N) is 2. The SMILES string of the molecule is COCCNCCNC(=O)CC(F)(F)F. The van der Waals surface area contributed by atoms with Gasteiger partial charge in [0, 0.05) is 26.7 Å². The predicted octanol–water partition coefficient (Wildman–Crippen LogP) is 0.291. The smallest absolute Gasteiger partial charge is 0.383 e. The number of alkyl halides is 3. The largest absolute Gasteiger partial charge is 0.397 e. The van der Waals surface area contributed by atoms with Crippen LogP contribution in [0.4, 0.5) is 13.2 Å². The Morgan fingerprint density at radius 2 is 1.93 bits per heavy atom. The van der Waals surface area contributed by atoms with Crippen LogP contribution in [0.2, 0.25) is 0 Å². The zero-order valence-electron chi connectivity index (χ0n) is 8.49. The molecule has 0 saturated carbocycles. The third-order valence-electron chi connectivity index (χ3n) is 1.47. The Hall–Kier alpha value is -0.820. The summed E-state index contributed by atoms with van der Waals surface area (Å²) >= 11 is 0. The van der Waals surface area contributed by atoms with Gasteiger partial charge in [-0.25, -0.2) is 0 Å². The van der Waals surface area contributed by atoms with E-state index in [4.69, 9.17) is 4.74 Å². The van der Waals surface area contributed by atoms with Crippen LogP contribution >= 0.6 is 0 Å². The van der Waals surface area contributed by atoms with Crippen LogP contribution in [0.3, 0.4) is 0 Å². The van der Waals surface area contributed by atoms with E-state index in [1.165, 1.54) is 0 Å². The highest BCUT2D eigenvalue weighted by Gasteiger charge is 2.30. The molecule has 0 aliphatic heterocycles. The molecule has 0 aromatic rings. The molecule has 0 fully saturated rings. The first-order valence-corrected chi connectivity index (χ1v) is 4.49. The molecule has 0 rings (SSSR count). The fourth-order valence-corrected chi connectivity index (χ4v) is 0.834. The van der Waals surface area contributed by atoms with Gasteiger partial charge in [0.05, 0.1) is 6.61 Å². The minimum absolute atomic E-state index is 0.179. The highest BCUT2D eigenvalue weighted by atomic mass is 19.4. The Labute approximate surface area is 86.2 Å². The molecule has 0 saturated heterocycles. The first-order valence-electron chi connectivity index (χ1n) is 4.49. The van der Waals surface area contributed by atoms with Crippen molar-refractivity contribution in [2.75, 3.05) is 33.4 Å². The molecule has 90 valence electrons. The van der Waals surface area contributed by atoms with Crippen molar-refractivity contribution in [1.82, 2.24) is 10.6 Å². The van der Waals surface area contributed by atoms with Crippen LogP contribution in [-0.2, 0) is 9.53 Å². The van der Waals surface area contributed by atoms with Gasteiger partial charge in [0.1, 0.15) is 6.42 Å². The zero-order valence-corrected chi connectivity index (χ0v) is 8.49. The lowest BCUT2D eigenvalue weighted by Crippen LogP contribution is -2.35. The Morgan fingerprint density at radius 3 is 2.47 bits per heavy atom. The van der Waals surface area contributed by atoms with Crippen molar-refractivity contribution in [2.45, 2.75) is 12.6 Å². The van der Waals surface area contributed by atoms with Gasteiger partial charge >= 0.3 is 6.18 Å². The molecule has 4 nitrogen and oxygen atoms in total. The van der Waals surface area contributed by atoms with E-state index in [0.29, 0.717) is 19.7 Å². The topological polar surface area (TPSA) is 50.4 Å². The zero-order chi connectivity index (χ0) is 11.7. The monoisotopic (exact) mass is 228 g/mol. The number of ether oxygens (including phenoxy) is 1. The van der Waals surface area contributed by atoms with Gasteiger partial charge in [-0.15, -0.1) is 0 Å². The van der Waals surface area contributed by atoms with E-state index in [1.54, 1.807) is 7.11 Å².